The Morgan fingerprint density at radius 1 is 1.33 bits per heavy atom. The summed E-state index contributed by atoms with van der Waals surface area (Å²) in [6.45, 7) is 2.26. The van der Waals surface area contributed by atoms with Crippen LogP contribution in [-0.4, -0.2) is 11.9 Å². The number of halogens is 1. The second-order valence-electron chi connectivity index (χ2n) is 6.95. The van der Waals surface area contributed by atoms with Crippen LogP contribution in [0.1, 0.15) is 44.2 Å². The van der Waals surface area contributed by atoms with Crippen LogP contribution in [0.25, 0.3) is 0 Å². The van der Waals surface area contributed by atoms with Crippen LogP contribution in [0.5, 0.6) is 0 Å². The van der Waals surface area contributed by atoms with Crippen LogP contribution in [0.2, 0.25) is 0 Å². The number of benzene rings is 1. The van der Waals surface area contributed by atoms with Crippen LogP contribution < -0.4 is 10.6 Å². The third-order valence-electron chi connectivity index (χ3n) is 5.71. The maximum Gasteiger partial charge on any atom is 0.246 e. The molecule has 3 nitrogen and oxygen atoms in total. The van der Waals surface area contributed by atoms with E-state index in [4.69, 9.17) is 0 Å². The van der Waals surface area contributed by atoms with Crippen molar-refractivity contribution in [2.45, 2.75) is 44.7 Å². The highest BCUT2D eigenvalue weighted by Crippen LogP contribution is 2.50. The highest BCUT2D eigenvalue weighted by Gasteiger charge is 2.43. The van der Waals surface area contributed by atoms with Gasteiger partial charge in [-0.3, -0.25) is 10.1 Å². The topological polar surface area (TPSA) is 41.1 Å². The number of hydrogen-bond acceptors (Lipinski definition) is 2. The average Bonchev–Trinajstić information content (AvgIpc) is 3.15. The van der Waals surface area contributed by atoms with Crippen molar-refractivity contribution in [3.05, 3.63) is 28.2 Å². The third-order valence-corrected chi connectivity index (χ3v) is 6.20. The third kappa shape index (κ3) is 2.33. The Morgan fingerprint density at radius 2 is 2.19 bits per heavy atom. The maximum atomic E-state index is 12.3. The van der Waals surface area contributed by atoms with Crippen molar-refractivity contribution in [1.82, 2.24) is 5.32 Å². The number of nitrogens with one attached hydrogen (secondary N) is 2. The van der Waals surface area contributed by atoms with E-state index in [-0.39, 0.29) is 11.9 Å². The molecule has 2 saturated carbocycles. The zero-order valence-corrected chi connectivity index (χ0v) is 13.8. The van der Waals surface area contributed by atoms with E-state index >= 15 is 0 Å². The quantitative estimate of drug-likeness (QED) is 0.870. The predicted octanol–water partition coefficient (Wildman–Crippen LogP) is 3.86. The van der Waals surface area contributed by atoms with Gasteiger partial charge in [-0.25, -0.2) is 0 Å². The molecule has 4 heteroatoms. The number of carbonyl (C=O) groups excluding carboxylic acids is 1. The van der Waals surface area contributed by atoms with Gasteiger partial charge in [0.2, 0.25) is 5.91 Å². The Morgan fingerprint density at radius 3 is 2.90 bits per heavy atom. The summed E-state index contributed by atoms with van der Waals surface area (Å²) in [6.07, 6.45) is 5.57. The van der Waals surface area contributed by atoms with E-state index in [1.54, 1.807) is 0 Å². The lowest BCUT2D eigenvalue weighted by molar-refractivity contribution is -0.118. The van der Waals surface area contributed by atoms with E-state index in [0.29, 0.717) is 6.04 Å². The summed E-state index contributed by atoms with van der Waals surface area (Å²) in [5.74, 6) is 2.65. The number of anilines is 1. The van der Waals surface area contributed by atoms with Crippen LogP contribution in [0.4, 0.5) is 5.69 Å². The fourth-order valence-electron chi connectivity index (χ4n) is 4.69. The summed E-state index contributed by atoms with van der Waals surface area (Å²) in [5.41, 5.74) is 2.02. The van der Waals surface area contributed by atoms with Crippen LogP contribution >= 0.6 is 15.9 Å². The molecule has 4 rings (SSSR count). The van der Waals surface area contributed by atoms with E-state index in [0.717, 1.165) is 33.5 Å². The van der Waals surface area contributed by atoms with Crippen molar-refractivity contribution in [1.29, 1.82) is 0 Å². The average molecular weight is 349 g/mol. The van der Waals surface area contributed by atoms with Gasteiger partial charge in [-0.15, -0.1) is 0 Å². The van der Waals surface area contributed by atoms with Gasteiger partial charge < -0.3 is 5.32 Å². The van der Waals surface area contributed by atoms with Gasteiger partial charge >= 0.3 is 0 Å². The van der Waals surface area contributed by atoms with Gasteiger partial charge in [0, 0.05) is 21.8 Å². The minimum Gasteiger partial charge on any atom is -0.324 e. The van der Waals surface area contributed by atoms with Gasteiger partial charge in [0.15, 0.2) is 0 Å². The molecule has 1 heterocycles. The van der Waals surface area contributed by atoms with Gasteiger partial charge in [-0.1, -0.05) is 22.4 Å². The molecule has 2 aliphatic carbocycles. The van der Waals surface area contributed by atoms with Gasteiger partial charge in [-0.05, 0) is 62.1 Å². The van der Waals surface area contributed by atoms with E-state index in [1.807, 2.05) is 12.1 Å². The summed E-state index contributed by atoms with van der Waals surface area (Å²) >= 11 is 3.50. The lowest BCUT2D eigenvalue weighted by Crippen LogP contribution is -2.40. The molecule has 0 spiro atoms. The number of hydrogen-bond donors (Lipinski definition) is 2. The molecule has 5 unspecified atom stereocenters. The Labute approximate surface area is 134 Å². The molecule has 3 aliphatic rings. The number of carbonyl (C=O) groups is 1. The van der Waals surface area contributed by atoms with Gasteiger partial charge in [0.1, 0.15) is 6.04 Å². The summed E-state index contributed by atoms with van der Waals surface area (Å²) in [6, 6.07) is 6.20. The first-order valence-electron chi connectivity index (χ1n) is 7.98. The summed E-state index contributed by atoms with van der Waals surface area (Å²) in [4.78, 5) is 12.3. The second-order valence-corrected chi connectivity index (χ2v) is 7.86. The number of fused-ring (bicyclic) bond motifs is 3. The summed E-state index contributed by atoms with van der Waals surface area (Å²) in [5, 5.41) is 6.59. The molecule has 0 radical (unpaired) electrons. The lowest BCUT2D eigenvalue weighted by Gasteiger charge is -2.30. The fraction of sp³-hybridized carbons (Fsp3) is 0.588. The van der Waals surface area contributed by atoms with E-state index in [2.05, 4.69) is 39.6 Å². The van der Waals surface area contributed by atoms with Crippen LogP contribution in [0, 0.1) is 17.8 Å². The predicted molar refractivity (Wildman–Crippen MR) is 87.0 cm³/mol. The fourth-order valence-corrected chi connectivity index (χ4v) is 5.07. The van der Waals surface area contributed by atoms with Crippen LogP contribution in [0.15, 0.2) is 22.7 Å². The molecule has 1 aliphatic heterocycles. The minimum atomic E-state index is -0.202. The van der Waals surface area contributed by atoms with E-state index < -0.39 is 0 Å². The molecular weight excluding hydrogens is 328 g/mol. The smallest absolute Gasteiger partial charge is 0.246 e. The zero-order valence-electron chi connectivity index (χ0n) is 12.2. The molecule has 2 bridgehead atoms. The molecular formula is C17H21BrN2O. The molecule has 0 aromatic heterocycles. The highest BCUT2D eigenvalue weighted by atomic mass is 79.9. The van der Waals surface area contributed by atoms with Crippen molar-refractivity contribution >= 4 is 27.5 Å². The molecule has 5 atom stereocenters. The first kappa shape index (κ1) is 13.8. The van der Waals surface area contributed by atoms with Crippen LogP contribution in [-0.2, 0) is 4.79 Å². The van der Waals surface area contributed by atoms with Crippen molar-refractivity contribution < 1.29 is 4.79 Å². The van der Waals surface area contributed by atoms with E-state index in [1.165, 1.54) is 25.7 Å². The summed E-state index contributed by atoms with van der Waals surface area (Å²) < 4.78 is 1.03. The molecule has 0 saturated heterocycles. The Bertz CT molecular complexity index is 588. The number of rotatable bonds is 3. The normalized spacial score (nSPS) is 34.9. The molecule has 112 valence electrons. The molecule has 2 N–H and O–H groups in total. The first-order chi connectivity index (χ1) is 10.1. The Hall–Kier alpha value is -0.870. The zero-order chi connectivity index (χ0) is 14.6. The van der Waals surface area contributed by atoms with Crippen molar-refractivity contribution in [2.75, 3.05) is 5.32 Å². The molecule has 1 aromatic carbocycles. The molecule has 21 heavy (non-hydrogen) atoms. The minimum absolute atomic E-state index is 0.0816. The Balaban J connectivity index is 1.52. The van der Waals surface area contributed by atoms with E-state index in [9.17, 15) is 4.79 Å². The SMILES string of the molecule is CC(NC1C(=O)Nc2ccc(Br)cc21)C1CC2CCC1C2. The van der Waals surface area contributed by atoms with Gasteiger partial charge in [-0.2, -0.15) is 0 Å². The Kier molecular flexibility index (Phi) is 3.34. The monoisotopic (exact) mass is 348 g/mol. The standard InChI is InChI=1S/C17H21BrN2O/c1-9(13-7-10-2-3-11(13)6-10)19-16-14-8-12(18)4-5-15(14)20-17(16)21/h4-5,8-11,13,16,19H,2-3,6-7H2,1H3,(H,20,21). The second kappa shape index (κ2) is 5.10. The molecule has 2 fully saturated rings. The van der Waals surface area contributed by atoms with Crippen molar-refractivity contribution in [3.63, 3.8) is 0 Å². The van der Waals surface area contributed by atoms with Gasteiger partial charge in [0.25, 0.3) is 0 Å². The number of amides is 1. The maximum absolute atomic E-state index is 12.3. The molecule has 1 amide bonds. The first-order valence-corrected chi connectivity index (χ1v) is 8.77. The molecule has 1 aromatic rings. The lowest BCUT2D eigenvalue weighted by atomic mass is 9.83. The van der Waals surface area contributed by atoms with Crippen LogP contribution in [0.3, 0.4) is 0 Å². The van der Waals surface area contributed by atoms with Gasteiger partial charge in [0.05, 0.1) is 0 Å². The highest BCUT2D eigenvalue weighted by molar-refractivity contribution is 9.10. The largest absolute Gasteiger partial charge is 0.324 e. The van der Waals surface area contributed by atoms with Crippen molar-refractivity contribution in [2.24, 2.45) is 17.8 Å². The summed E-state index contributed by atoms with van der Waals surface area (Å²) in [7, 11) is 0. The van der Waals surface area contributed by atoms with Crippen molar-refractivity contribution in [3.8, 4) is 0 Å².